The fourth-order valence-corrected chi connectivity index (χ4v) is 12.8. The van der Waals surface area contributed by atoms with Crippen LogP contribution in [0.25, 0.3) is 86.1 Å². The zero-order valence-electron chi connectivity index (χ0n) is 68.4. The number of aryl methyl sites for hydroxylation is 1. The van der Waals surface area contributed by atoms with Crippen molar-refractivity contribution in [2.24, 2.45) is 40.9 Å². The van der Waals surface area contributed by atoms with E-state index in [1.807, 2.05) is 49.4 Å². The topological polar surface area (TPSA) is 488 Å². The van der Waals surface area contributed by atoms with E-state index in [-0.39, 0.29) is 132 Å². The second-order valence-corrected chi connectivity index (χ2v) is 27.2. The molecule has 8 N–H and O–H groups in total. The van der Waals surface area contributed by atoms with E-state index in [1.54, 1.807) is 170 Å². The summed E-state index contributed by atoms with van der Waals surface area (Å²) in [7, 11) is 2.94. The Morgan fingerprint density at radius 3 is 0.908 bits per heavy atom. The number of phenolic OH excluding ortho intramolecular Hbond substituents is 4. The number of hydrogen-bond donors (Lipinski definition) is 8. The minimum Gasteiger partial charge on any atom is -0.505 e. The van der Waals surface area contributed by atoms with Crippen molar-refractivity contribution in [2.45, 2.75) is 6.92 Å². The SMILES string of the molecule is [C-]#[N+]c1cnn(-c2ccccn2)c1N=Nc1c(O)c(C(=O)Nc2ccc(C)cc2)cc2ccccc12.[C-]#[N+]c1cnn(-c2ncccn2)c1N=Nc1c(O)c(C(=O)NC)cc2ccccc12.[C-]#[N+]c1cnn(-c2ncccn2)c1N=Nc1c(O)c(C(=O)NC)cc2ccccc12.[C-]#[N+]c1cnn(-c2ncccn2)c1N=Nc1c(O)c(C(=O)Nc2ccncc2)cc2ccccc12. The smallest absolute Gasteiger partial charge is 0.259 e. The van der Waals surface area contributed by atoms with Gasteiger partial charge >= 0.3 is 0 Å². The van der Waals surface area contributed by atoms with Gasteiger partial charge in [0.1, 0.15) is 22.7 Å². The predicted octanol–water partition coefficient (Wildman–Crippen LogP) is 19.5. The third-order valence-electron chi connectivity index (χ3n) is 19.1. The summed E-state index contributed by atoms with van der Waals surface area (Å²) in [4.78, 5) is 97.0. The number of fused-ring (bicyclic) bond motifs is 4. The van der Waals surface area contributed by atoms with Crippen LogP contribution >= 0.6 is 0 Å². The number of pyridine rings is 2. The average Bonchev–Trinajstić information content (AvgIpc) is 1.76. The number of amides is 4. The second kappa shape index (κ2) is 39.4. The molecule has 9 heterocycles. The van der Waals surface area contributed by atoms with E-state index in [0.29, 0.717) is 60.3 Å². The van der Waals surface area contributed by atoms with Crippen molar-refractivity contribution >= 4 is 147 Å². The monoisotopic (exact) mass is 1730 g/mol. The first-order chi connectivity index (χ1) is 64.0. The maximum atomic E-state index is 13.1. The zero-order valence-corrected chi connectivity index (χ0v) is 68.4. The number of carbonyl (C=O) groups excluding carboxylic acids is 4. The van der Waals surface area contributed by atoms with Crippen LogP contribution < -0.4 is 21.3 Å². The first kappa shape index (κ1) is 85.8. The van der Waals surface area contributed by atoms with E-state index in [1.165, 1.54) is 94.8 Å². The average molecular weight is 1730 g/mol. The van der Waals surface area contributed by atoms with Gasteiger partial charge in [-0.1, -0.05) is 121 Å². The van der Waals surface area contributed by atoms with Crippen molar-refractivity contribution in [1.82, 2.24) is 89.6 Å². The molecule has 634 valence electrons. The molecule has 4 amide bonds. The number of hydrogen-bond acceptors (Lipinski definition) is 28. The van der Waals surface area contributed by atoms with Crippen molar-refractivity contribution < 1.29 is 39.6 Å². The summed E-state index contributed by atoms with van der Waals surface area (Å²) in [5.41, 5.74) is 3.32. The summed E-state index contributed by atoms with van der Waals surface area (Å²) >= 11 is 0. The lowest BCUT2D eigenvalue weighted by Gasteiger charge is -2.11. The largest absolute Gasteiger partial charge is 0.505 e. The Kier molecular flexibility index (Phi) is 25.8. The molecule has 40 heteroatoms. The molecule has 18 aromatic rings. The van der Waals surface area contributed by atoms with E-state index in [0.717, 1.165) is 5.56 Å². The summed E-state index contributed by atoms with van der Waals surface area (Å²) in [6.45, 7) is 31.6. The highest BCUT2D eigenvalue weighted by Gasteiger charge is 2.26. The van der Waals surface area contributed by atoms with Crippen LogP contribution in [0.15, 0.2) is 316 Å². The molecule has 0 fully saturated rings. The number of phenols is 4. The molecular weight excluding hydrogens is 1670 g/mol. The number of rotatable bonds is 18. The Morgan fingerprint density at radius 2 is 0.603 bits per heavy atom. The highest BCUT2D eigenvalue weighted by molar-refractivity contribution is 6.14. The Hall–Kier alpha value is -20.2. The molecule has 0 radical (unpaired) electrons. The van der Waals surface area contributed by atoms with Crippen LogP contribution in [0, 0.1) is 33.2 Å². The Morgan fingerprint density at radius 1 is 0.321 bits per heavy atom. The highest BCUT2D eigenvalue weighted by Crippen LogP contribution is 2.46. The number of aromatic nitrogens is 16. The molecule has 0 bridgehead atoms. The Balaban J connectivity index is 0.000000134. The van der Waals surface area contributed by atoms with Crippen molar-refractivity contribution in [1.29, 1.82) is 0 Å². The van der Waals surface area contributed by atoms with Crippen molar-refractivity contribution in [3.8, 4) is 46.7 Å². The van der Waals surface area contributed by atoms with Crippen molar-refractivity contribution in [2.75, 3.05) is 24.7 Å². The molecule has 9 aromatic carbocycles. The van der Waals surface area contributed by atoms with Gasteiger partial charge < -0.3 is 41.7 Å². The van der Waals surface area contributed by atoms with Gasteiger partial charge in [0.2, 0.25) is 0 Å². The maximum Gasteiger partial charge on any atom is 0.259 e. The summed E-state index contributed by atoms with van der Waals surface area (Å²) in [6, 6.07) is 55.8. The molecule has 0 unspecified atom stereocenters. The number of nitrogens with one attached hydrogen (secondary N) is 4. The van der Waals surface area contributed by atoms with Gasteiger partial charge in [-0.2, -0.15) is 34.4 Å². The number of aromatic hydroxyl groups is 4. The fraction of sp³-hybridized carbons (Fsp3) is 0.0330. The lowest BCUT2D eigenvalue weighted by Crippen LogP contribution is -2.17. The molecule has 0 aliphatic heterocycles. The van der Waals surface area contributed by atoms with Gasteiger partial charge in [-0.15, -0.1) is 40.9 Å². The van der Waals surface area contributed by atoms with Gasteiger partial charge in [-0.05, 0) is 107 Å². The third kappa shape index (κ3) is 18.6. The molecule has 40 nitrogen and oxygen atoms in total. The van der Waals surface area contributed by atoms with Gasteiger partial charge in [-0.3, -0.25) is 24.2 Å². The molecule has 9 aromatic heterocycles. The van der Waals surface area contributed by atoms with E-state index >= 15 is 0 Å². The summed E-state index contributed by atoms with van der Waals surface area (Å²) in [5, 5.41) is 109. The van der Waals surface area contributed by atoms with Crippen LogP contribution in [0.1, 0.15) is 47.0 Å². The van der Waals surface area contributed by atoms with Gasteiger partial charge in [0.15, 0.2) is 52.1 Å². The molecular formula is C91H62N32O8. The van der Waals surface area contributed by atoms with Crippen LogP contribution in [0.3, 0.4) is 0 Å². The van der Waals surface area contributed by atoms with Crippen LogP contribution in [0.5, 0.6) is 23.0 Å². The first-order valence-electron chi connectivity index (χ1n) is 38.7. The zero-order chi connectivity index (χ0) is 91.4. The van der Waals surface area contributed by atoms with Gasteiger partial charge in [-0.25, -0.2) is 58.9 Å². The molecule has 131 heavy (non-hydrogen) atoms. The van der Waals surface area contributed by atoms with E-state index < -0.39 is 23.6 Å². The van der Waals surface area contributed by atoms with Gasteiger partial charge in [0, 0.05) is 103 Å². The lowest BCUT2D eigenvalue weighted by molar-refractivity contribution is 0.0952. The minimum absolute atomic E-state index is 0.0137. The molecule has 0 atom stereocenters. The highest BCUT2D eigenvalue weighted by atomic mass is 16.3. The van der Waals surface area contributed by atoms with E-state index in [2.05, 4.69) is 142 Å². The predicted molar refractivity (Wildman–Crippen MR) is 481 cm³/mol. The van der Waals surface area contributed by atoms with E-state index in [4.69, 9.17) is 26.3 Å². The number of carbonyl (C=O) groups is 4. The van der Waals surface area contributed by atoms with Crippen molar-refractivity contribution in [3.05, 3.63) is 348 Å². The minimum atomic E-state index is -0.527. The molecule has 0 saturated carbocycles. The number of benzene rings is 9. The molecule has 0 aliphatic carbocycles. The second-order valence-electron chi connectivity index (χ2n) is 27.2. The summed E-state index contributed by atoms with van der Waals surface area (Å²) < 4.78 is 5.22. The Labute approximate surface area is 739 Å². The molecule has 0 aliphatic rings. The molecule has 0 spiro atoms. The number of azo groups is 4. The summed E-state index contributed by atoms with van der Waals surface area (Å²) in [6.07, 6.45) is 19.3. The summed E-state index contributed by atoms with van der Waals surface area (Å²) in [5.74, 6) is -1.70. The fourth-order valence-electron chi connectivity index (χ4n) is 12.8. The standard InChI is InChI=1S/C27H19N7O2.C24H15N9O2.2C20H14N8O2/c1-17-10-12-19(13-11-17)31-27(36)21-15-18-7-3-4-8-20(18)24(25(21)35)32-33-26-22(28-2)16-30-34(26)23-9-5-6-14-29-23;1-25-19-14-29-33(24-27-9-4-10-28-24)22(19)32-31-20-17-6-3-2-5-15(17)13-18(21(20)34)23(35)30-16-7-11-26-12-8-16;2*1-21-15-11-25-28(20-23-8-5-9-24-20)18(15)27-26-16-13-7-4-3-6-12(13)10-14(17(16)29)19(30)22-2/h3-16,35H,1H3,(H,31,36);2-14,34H,(H,26,30,35);2*3-11,29H,2H3,(H,22,30). The lowest BCUT2D eigenvalue weighted by atomic mass is 10.0. The van der Waals surface area contributed by atoms with E-state index in [9.17, 15) is 39.6 Å². The maximum absolute atomic E-state index is 13.1. The molecule has 0 saturated heterocycles. The first-order valence-corrected chi connectivity index (χ1v) is 38.7. The van der Waals surface area contributed by atoms with Crippen LogP contribution in [-0.4, -0.2) is 137 Å². The van der Waals surface area contributed by atoms with Crippen LogP contribution in [-0.2, 0) is 0 Å². The van der Waals surface area contributed by atoms with Crippen LogP contribution in [0.4, 0.5) is 80.1 Å². The number of anilines is 2. The van der Waals surface area contributed by atoms with Crippen LogP contribution in [0.2, 0.25) is 0 Å². The van der Waals surface area contributed by atoms with Crippen molar-refractivity contribution in [3.63, 3.8) is 0 Å². The number of nitrogens with zero attached hydrogens (tertiary/aromatic N) is 28. The Bertz CT molecular complexity index is 7510. The normalized spacial score (nSPS) is 11.0. The quantitative estimate of drug-likeness (QED) is 0.0292. The van der Waals surface area contributed by atoms with Gasteiger partial charge in [0.25, 0.3) is 64.2 Å². The molecule has 18 rings (SSSR count). The third-order valence-corrected chi connectivity index (χ3v) is 19.1. The van der Waals surface area contributed by atoms with Gasteiger partial charge in [0.05, 0.1) is 73.3 Å².